The molecule has 1 aliphatic rings. The largest absolute Gasteiger partial charge is 0.497 e. The highest BCUT2D eigenvalue weighted by molar-refractivity contribution is 5.66. The van der Waals surface area contributed by atoms with Gasteiger partial charge in [0.05, 0.1) is 7.11 Å². The molecule has 1 aromatic carbocycles. The molecule has 116 valence electrons. The van der Waals surface area contributed by atoms with E-state index in [-0.39, 0.29) is 0 Å². The monoisotopic (exact) mass is 286 g/mol. The summed E-state index contributed by atoms with van der Waals surface area (Å²) in [5.74, 6) is 2.79. The van der Waals surface area contributed by atoms with Crippen molar-refractivity contribution in [3.05, 3.63) is 35.9 Å². The van der Waals surface area contributed by atoms with Gasteiger partial charge in [-0.15, -0.1) is 0 Å². The van der Waals surface area contributed by atoms with E-state index >= 15 is 0 Å². The Kier molecular flexibility index (Phi) is 6.35. The van der Waals surface area contributed by atoms with Gasteiger partial charge >= 0.3 is 0 Å². The van der Waals surface area contributed by atoms with Crippen LogP contribution in [0.1, 0.15) is 64.4 Å². The van der Waals surface area contributed by atoms with Crippen LogP contribution in [-0.4, -0.2) is 7.11 Å². The molecule has 1 heteroatoms. The van der Waals surface area contributed by atoms with Crippen LogP contribution in [0.15, 0.2) is 30.3 Å². The first-order chi connectivity index (χ1) is 10.3. The molecule has 21 heavy (non-hydrogen) atoms. The zero-order valence-corrected chi connectivity index (χ0v) is 13.9. The maximum absolute atomic E-state index is 5.23. The maximum atomic E-state index is 5.23. The zero-order valence-electron chi connectivity index (χ0n) is 13.9. The van der Waals surface area contributed by atoms with E-state index < -0.39 is 0 Å². The van der Waals surface area contributed by atoms with E-state index in [0.717, 1.165) is 17.6 Å². The summed E-state index contributed by atoms with van der Waals surface area (Å²) < 4.78 is 5.23. The highest BCUT2D eigenvalue weighted by Crippen LogP contribution is 2.34. The van der Waals surface area contributed by atoms with Crippen molar-refractivity contribution in [1.82, 2.24) is 0 Å². The van der Waals surface area contributed by atoms with Crippen LogP contribution in [0.25, 0.3) is 5.57 Å². The van der Waals surface area contributed by atoms with Gasteiger partial charge in [0.25, 0.3) is 0 Å². The van der Waals surface area contributed by atoms with Crippen LogP contribution in [0, 0.1) is 11.8 Å². The molecule has 1 nitrogen and oxygen atoms in total. The van der Waals surface area contributed by atoms with Crippen LogP contribution >= 0.6 is 0 Å². The van der Waals surface area contributed by atoms with E-state index in [1.54, 1.807) is 7.11 Å². The number of hydrogen-bond acceptors (Lipinski definition) is 1. The van der Waals surface area contributed by atoms with Gasteiger partial charge in [0, 0.05) is 0 Å². The first kappa shape index (κ1) is 16.1. The van der Waals surface area contributed by atoms with E-state index in [1.807, 2.05) is 0 Å². The zero-order chi connectivity index (χ0) is 15.1. The summed E-state index contributed by atoms with van der Waals surface area (Å²) in [6.07, 6.45) is 11.9. The van der Waals surface area contributed by atoms with Crippen molar-refractivity contribution < 1.29 is 4.74 Å². The fourth-order valence-electron chi connectivity index (χ4n) is 3.39. The molecule has 1 aliphatic carbocycles. The minimum absolute atomic E-state index is 0.910. The van der Waals surface area contributed by atoms with Crippen molar-refractivity contribution in [2.24, 2.45) is 11.8 Å². The molecule has 1 aromatic rings. The van der Waals surface area contributed by atoms with Crippen LogP contribution in [0.5, 0.6) is 5.75 Å². The molecule has 0 saturated carbocycles. The van der Waals surface area contributed by atoms with Gasteiger partial charge in [-0.3, -0.25) is 0 Å². The average Bonchev–Trinajstić information content (AvgIpc) is 2.56. The van der Waals surface area contributed by atoms with Gasteiger partial charge in [-0.1, -0.05) is 51.3 Å². The van der Waals surface area contributed by atoms with Gasteiger partial charge in [0.2, 0.25) is 0 Å². The van der Waals surface area contributed by atoms with Crippen LogP contribution in [0.4, 0.5) is 0 Å². The second kappa shape index (κ2) is 8.26. The molecular weight excluding hydrogens is 256 g/mol. The van der Waals surface area contributed by atoms with Crippen molar-refractivity contribution in [3.63, 3.8) is 0 Å². The van der Waals surface area contributed by atoms with E-state index in [0.29, 0.717) is 0 Å². The Hall–Kier alpha value is -1.24. The first-order valence-electron chi connectivity index (χ1n) is 8.60. The Labute approximate surface area is 130 Å². The van der Waals surface area contributed by atoms with Crippen molar-refractivity contribution in [1.29, 1.82) is 0 Å². The molecule has 0 aliphatic heterocycles. The Morgan fingerprint density at radius 2 is 1.86 bits per heavy atom. The molecule has 0 amide bonds. The molecular formula is C20H30O. The van der Waals surface area contributed by atoms with Gasteiger partial charge in [-0.25, -0.2) is 0 Å². The molecule has 0 spiro atoms. The standard InChI is InChI=1S/C20H30O/c1-4-16(5-2)6-7-17-8-10-18(11-9-17)19-12-14-20(21-3)15-13-19/h10,12-17H,4-9,11H2,1-3H3. The SMILES string of the molecule is CCC(CC)CCC1CC=C(c2ccc(OC)cc2)CC1. The van der Waals surface area contributed by atoms with Crippen molar-refractivity contribution >= 4 is 5.57 Å². The number of ether oxygens (including phenoxy) is 1. The second-order valence-corrected chi connectivity index (χ2v) is 6.36. The van der Waals surface area contributed by atoms with E-state index in [4.69, 9.17) is 4.74 Å². The van der Waals surface area contributed by atoms with Gasteiger partial charge in [-0.2, -0.15) is 0 Å². The number of rotatable bonds is 7. The van der Waals surface area contributed by atoms with E-state index in [2.05, 4.69) is 44.2 Å². The lowest BCUT2D eigenvalue weighted by Crippen LogP contribution is -2.08. The number of hydrogen-bond donors (Lipinski definition) is 0. The van der Waals surface area contributed by atoms with Crippen LogP contribution in [0.2, 0.25) is 0 Å². The summed E-state index contributed by atoms with van der Waals surface area (Å²) >= 11 is 0. The van der Waals surface area contributed by atoms with Crippen molar-refractivity contribution in [2.45, 2.75) is 58.8 Å². The summed E-state index contributed by atoms with van der Waals surface area (Å²) in [4.78, 5) is 0. The lowest BCUT2D eigenvalue weighted by molar-refractivity contribution is 0.361. The molecule has 0 N–H and O–H groups in total. The summed E-state index contributed by atoms with van der Waals surface area (Å²) in [7, 11) is 1.72. The fourth-order valence-corrected chi connectivity index (χ4v) is 3.39. The Bertz CT molecular complexity index is 439. The Morgan fingerprint density at radius 1 is 1.14 bits per heavy atom. The topological polar surface area (TPSA) is 9.23 Å². The molecule has 0 heterocycles. The van der Waals surface area contributed by atoms with Crippen molar-refractivity contribution in [3.8, 4) is 5.75 Å². The van der Waals surface area contributed by atoms with E-state index in [1.165, 1.54) is 56.1 Å². The second-order valence-electron chi connectivity index (χ2n) is 6.36. The molecule has 0 fully saturated rings. The molecule has 0 saturated heterocycles. The smallest absolute Gasteiger partial charge is 0.118 e. The van der Waals surface area contributed by atoms with Crippen LogP contribution in [-0.2, 0) is 0 Å². The molecule has 1 atom stereocenters. The third-order valence-electron chi connectivity index (χ3n) is 5.12. The van der Waals surface area contributed by atoms with Gasteiger partial charge in [0.1, 0.15) is 5.75 Å². The number of methoxy groups -OCH3 is 1. The number of benzene rings is 1. The first-order valence-corrected chi connectivity index (χ1v) is 8.60. The predicted molar refractivity (Wildman–Crippen MR) is 91.6 cm³/mol. The summed E-state index contributed by atoms with van der Waals surface area (Å²) in [6.45, 7) is 4.66. The van der Waals surface area contributed by atoms with Gasteiger partial charge < -0.3 is 4.74 Å². The maximum Gasteiger partial charge on any atom is 0.118 e. The van der Waals surface area contributed by atoms with Crippen molar-refractivity contribution in [2.75, 3.05) is 7.11 Å². The van der Waals surface area contributed by atoms with Gasteiger partial charge in [0.15, 0.2) is 0 Å². The van der Waals surface area contributed by atoms with Gasteiger partial charge in [-0.05, 0) is 60.8 Å². The van der Waals surface area contributed by atoms with Crippen LogP contribution in [0.3, 0.4) is 0 Å². The summed E-state index contributed by atoms with van der Waals surface area (Å²) in [6, 6.07) is 8.51. The Balaban J connectivity index is 1.86. The van der Waals surface area contributed by atoms with E-state index in [9.17, 15) is 0 Å². The molecule has 2 rings (SSSR count). The lowest BCUT2D eigenvalue weighted by atomic mass is 9.82. The quantitative estimate of drug-likeness (QED) is 0.589. The highest BCUT2D eigenvalue weighted by Gasteiger charge is 2.16. The molecule has 0 aromatic heterocycles. The molecule has 1 unspecified atom stereocenters. The van der Waals surface area contributed by atoms with Crippen LogP contribution < -0.4 is 4.74 Å². The lowest BCUT2D eigenvalue weighted by Gasteiger charge is -2.24. The minimum atomic E-state index is 0.910. The molecule has 0 bridgehead atoms. The summed E-state index contributed by atoms with van der Waals surface area (Å²) in [5.41, 5.74) is 2.89. The predicted octanol–water partition coefficient (Wildman–Crippen LogP) is 6.10. The fraction of sp³-hybridized carbons (Fsp3) is 0.600. The Morgan fingerprint density at radius 3 is 2.38 bits per heavy atom. The molecule has 0 radical (unpaired) electrons. The third-order valence-corrected chi connectivity index (χ3v) is 5.12. The normalized spacial score (nSPS) is 18.7. The summed E-state index contributed by atoms with van der Waals surface area (Å²) in [5, 5.41) is 0. The number of allylic oxidation sites excluding steroid dienone is 2. The highest BCUT2D eigenvalue weighted by atomic mass is 16.5. The minimum Gasteiger partial charge on any atom is -0.497 e. The third kappa shape index (κ3) is 4.62. The average molecular weight is 286 g/mol.